The summed E-state index contributed by atoms with van der Waals surface area (Å²) in [5, 5.41) is 11.9. The van der Waals surface area contributed by atoms with Gasteiger partial charge < -0.3 is 4.98 Å². The minimum atomic E-state index is -0.396. The zero-order chi connectivity index (χ0) is 15.7. The standard InChI is InChI=1S/C16H12ClN3O2/c1-10-3-2-4-14(20(21)22)15(10)16-18-9-13(19-16)11-5-7-12(17)8-6-11/h2-9H,1H3,(H,18,19). The number of nitrogens with one attached hydrogen (secondary N) is 1. The van der Waals surface area contributed by atoms with Crippen molar-refractivity contribution in [3.8, 4) is 22.6 Å². The average molecular weight is 314 g/mol. The maximum atomic E-state index is 11.2. The van der Waals surface area contributed by atoms with Crippen LogP contribution in [0.15, 0.2) is 48.7 Å². The third-order valence-electron chi connectivity index (χ3n) is 3.42. The second-order valence-corrected chi connectivity index (χ2v) is 5.31. The van der Waals surface area contributed by atoms with Crippen molar-refractivity contribution in [2.75, 3.05) is 0 Å². The first-order valence-electron chi connectivity index (χ1n) is 6.61. The van der Waals surface area contributed by atoms with Gasteiger partial charge in [-0.25, -0.2) is 4.98 Å². The van der Waals surface area contributed by atoms with E-state index in [0.717, 1.165) is 16.8 Å². The number of H-pyrrole nitrogens is 1. The first-order chi connectivity index (χ1) is 10.6. The van der Waals surface area contributed by atoms with Crippen LogP contribution in [0.1, 0.15) is 5.56 Å². The number of nitro benzene ring substituents is 1. The predicted octanol–water partition coefficient (Wildman–Crippen LogP) is 4.61. The molecule has 0 radical (unpaired) electrons. The topological polar surface area (TPSA) is 71.8 Å². The summed E-state index contributed by atoms with van der Waals surface area (Å²) in [6.45, 7) is 1.83. The van der Waals surface area contributed by atoms with Gasteiger partial charge in [0.15, 0.2) is 0 Å². The lowest BCUT2D eigenvalue weighted by atomic mass is 10.1. The number of halogens is 1. The number of hydrogen-bond donors (Lipinski definition) is 1. The molecule has 0 aliphatic rings. The highest BCUT2D eigenvalue weighted by Gasteiger charge is 2.19. The molecule has 5 nitrogen and oxygen atoms in total. The summed E-state index contributed by atoms with van der Waals surface area (Å²) in [4.78, 5) is 18.3. The Morgan fingerprint density at radius 1 is 1.18 bits per heavy atom. The molecule has 0 aliphatic carbocycles. The Hall–Kier alpha value is -2.66. The third kappa shape index (κ3) is 2.58. The molecule has 6 heteroatoms. The van der Waals surface area contributed by atoms with Crippen LogP contribution in [0.2, 0.25) is 5.02 Å². The van der Waals surface area contributed by atoms with Crippen LogP contribution in [-0.2, 0) is 0 Å². The number of hydrogen-bond acceptors (Lipinski definition) is 3. The van der Waals surface area contributed by atoms with Crippen molar-refractivity contribution >= 4 is 17.3 Å². The Morgan fingerprint density at radius 2 is 1.91 bits per heavy atom. The van der Waals surface area contributed by atoms with Gasteiger partial charge >= 0.3 is 0 Å². The van der Waals surface area contributed by atoms with E-state index in [1.54, 1.807) is 24.4 Å². The van der Waals surface area contributed by atoms with Crippen molar-refractivity contribution in [2.24, 2.45) is 0 Å². The Balaban J connectivity index is 2.08. The smallest absolute Gasteiger partial charge is 0.280 e. The highest BCUT2D eigenvalue weighted by molar-refractivity contribution is 6.30. The monoisotopic (exact) mass is 313 g/mol. The molecule has 110 valence electrons. The zero-order valence-corrected chi connectivity index (χ0v) is 12.5. The molecule has 3 rings (SSSR count). The van der Waals surface area contributed by atoms with Crippen LogP contribution in [0, 0.1) is 17.0 Å². The molecule has 0 saturated carbocycles. The molecule has 1 N–H and O–H groups in total. The fraction of sp³-hybridized carbons (Fsp3) is 0.0625. The fourth-order valence-electron chi connectivity index (χ4n) is 2.34. The molecule has 3 aromatic rings. The average Bonchev–Trinajstić information content (AvgIpc) is 2.97. The van der Waals surface area contributed by atoms with E-state index in [9.17, 15) is 10.1 Å². The number of imidazole rings is 1. The van der Waals surface area contributed by atoms with Gasteiger partial charge in [-0.3, -0.25) is 10.1 Å². The summed E-state index contributed by atoms with van der Waals surface area (Å²) in [6, 6.07) is 12.3. The molecule has 1 heterocycles. The Kier molecular flexibility index (Phi) is 3.65. The maximum Gasteiger partial charge on any atom is 0.280 e. The SMILES string of the molecule is Cc1cccc([N+](=O)[O-])c1-c1ncc(-c2ccc(Cl)cc2)[nH]1. The van der Waals surface area contributed by atoms with E-state index in [-0.39, 0.29) is 5.69 Å². The van der Waals surface area contributed by atoms with E-state index in [4.69, 9.17) is 11.6 Å². The molecule has 0 bridgehead atoms. The van der Waals surface area contributed by atoms with Gasteiger partial charge in [0.2, 0.25) is 0 Å². The lowest BCUT2D eigenvalue weighted by molar-refractivity contribution is -0.384. The van der Waals surface area contributed by atoms with Crippen molar-refractivity contribution in [3.05, 3.63) is 69.4 Å². The van der Waals surface area contributed by atoms with Crippen molar-refractivity contribution in [1.82, 2.24) is 9.97 Å². The van der Waals surface area contributed by atoms with Gasteiger partial charge in [-0.1, -0.05) is 35.9 Å². The molecule has 2 aromatic carbocycles. The van der Waals surface area contributed by atoms with Crippen LogP contribution in [0.4, 0.5) is 5.69 Å². The number of benzene rings is 2. The van der Waals surface area contributed by atoms with Gasteiger partial charge in [0, 0.05) is 11.1 Å². The van der Waals surface area contributed by atoms with E-state index >= 15 is 0 Å². The Bertz CT molecular complexity index is 841. The van der Waals surface area contributed by atoms with Crippen molar-refractivity contribution < 1.29 is 4.92 Å². The second-order valence-electron chi connectivity index (χ2n) is 4.88. The quantitative estimate of drug-likeness (QED) is 0.566. The van der Waals surface area contributed by atoms with Gasteiger partial charge in [0.1, 0.15) is 5.82 Å². The van der Waals surface area contributed by atoms with Crippen LogP contribution in [-0.4, -0.2) is 14.9 Å². The van der Waals surface area contributed by atoms with Gasteiger partial charge in [-0.05, 0) is 30.2 Å². The number of aromatic nitrogens is 2. The molecule has 0 aliphatic heterocycles. The van der Waals surface area contributed by atoms with E-state index in [1.807, 2.05) is 25.1 Å². The number of nitro groups is 1. The zero-order valence-electron chi connectivity index (χ0n) is 11.7. The maximum absolute atomic E-state index is 11.2. The number of rotatable bonds is 3. The molecule has 0 saturated heterocycles. The predicted molar refractivity (Wildman–Crippen MR) is 85.9 cm³/mol. The molecule has 22 heavy (non-hydrogen) atoms. The number of aryl methyl sites for hydroxylation is 1. The largest absolute Gasteiger partial charge is 0.338 e. The minimum Gasteiger partial charge on any atom is -0.338 e. The highest BCUT2D eigenvalue weighted by Crippen LogP contribution is 2.32. The summed E-state index contributed by atoms with van der Waals surface area (Å²) in [7, 11) is 0. The first-order valence-corrected chi connectivity index (χ1v) is 6.99. The van der Waals surface area contributed by atoms with E-state index in [0.29, 0.717) is 16.4 Å². The lowest BCUT2D eigenvalue weighted by Gasteiger charge is -2.03. The van der Waals surface area contributed by atoms with E-state index in [2.05, 4.69) is 9.97 Å². The van der Waals surface area contributed by atoms with Gasteiger partial charge in [-0.15, -0.1) is 0 Å². The second kappa shape index (κ2) is 5.61. The third-order valence-corrected chi connectivity index (χ3v) is 3.67. The van der Waals surface area contributed by atoms with Gasteiger partial charge in [0.25, 0.3) is 5.69 Å². The number of nitrogens with zero attached hydrogens (tertiary/aromatic N) is 2. The van der Waals surface area contributed by atoms with Crippen LogP contribution in [0.5, 0.6) is 0 Å². The first kappa shape index (κ1) is 14.3. The molecule has 0 amide bonds. The van der Waals surface area contributed by atoms with E-state index < -0.39 is 4.92 Å². The van der Waals surface area contributed by atoms with Gasteiger partial charge in [0.05, 0.1) is 22.4 Å². The molecule has 0 spiro atoms. The molecule has 1 aromatic heterocycles. The molecular weight excluding hydrogens is 302 g/mol. The number of aromatic amines is 1. The summed E-state index contributed by atoms with van der Waals surface area (Å²) in [6.07, 6.45) is 1.66. The van der Waals surface area contributed by atoms with Crippen LogP contribution in [0.3, 0.4) is 0 Å². The van der Waals surface area contributed by atoms with Gasteiger partial charge in [-0.2, -0.15) is 0 Å². The molecule has 0 atom stereocenters. The Labute approximate surface area is 131 Å². The summed E-state index contributed by atoms with van der Waals surface area (Å²) in [5.41, 5.74) is 3.04. The van der Waals surface area contributed by atoms with Crippen LogP contribution >= 0.6 is 11.6 Å². The Morgan fingerprint density at radius 3 is 2.59 bits per heavy atom. The van der Waals surface area contributed by atoms with Crippen LogP contribution in [0.25, 0.3) is 22.6 Å². The normalized spacial score (nSPS) is 10.6. The van der Waals surface area contributed by atoms with Crippen LogP contribution < -0.4 is 0 Å². The molecule has 0 fully saturated rings. The highest BCUT2D eigenvalue weighted by atomic mass is 35.5. The summed E-state index contributed by atoms with van der Waals surface area (Å²) in [5.74, 6) is 0.481. The molecule has 0 unspecified atom stereocenters. The summed E-state index contributed by atoms with van der Waals surface area (Å²) >= 11 is 5.88. The van der Waals surface area contributed by atoms with E-state index in [1.165, 1.54) is 6.07 Å². The summed E-state index contributed by atoms with van der Waals surface area (Å²) < 4.78 is 0. The fourth-order valence-corrected chi connectivity index (χ4v) is 2.46. The van der Waals surface area contributed by atoms with Crippen molar-refractivity contribution in [2.45, 2.75) is 6.92 Å². The minimum absolute atomic E-state index is 0.0389. The molecular formula is C16H12ClN3O2. The van der Waals surface area contributed by atoms with Crippen molar-refractivity contribution in [1.29, 1.82) is 0 Å². The van der Waals surface area contributed by atoms with Crippen molar-refractivity contribution in [3.63, 3.8) is 0 Å². The lowest BCUT2D eigenvalue weighted by Crippen LogP contribution is -1.95.